The summed E-state index contributed by atoms with van der Waals surface area (Å²) in [4.78, 5) is 11.1. The van der Waals surface area contributed by atoms with Crippen LogP contribution in [0.1, 0.15) is 38.8 Å². The van der Waals surface area contributed by atoms with Crippen molar-refractivity contribution in [3.05, 3.63) is 35.4 Å². The Hall–Kier alpha value is -1.67. The smallest absolute Gasteiger partial charge is 0.330 e. The molecule has 1 amide bonds. The number of aryl methyl sites for hydroxylation is 1. The van der Waals surface area contributed by atoms with E-state index in [0.29, 0.717) is 6.41 Å². The molecule has 1 rings (SSSR count). The van der Waals surface area contributed by atoms with Crippen LogP contribution in [-0.2, 0) is 24.8 Å². The summed E-state index contributed by atoms with van der Waals surface area (Å²) in [6.45, 7) is 8.74. The van der Waals surface area contributed by atoms with E-state index in [0.717, 1.165) is 11.1 Å². The van der Waals surface area contributed by atoms with E-state index >= 15 is 0 Å². The minimum absolute atomic E-state index is 0.0131. The van der Waals surface area contributed by atoms with Crippen molar-refractivity contribution in [3.8, 4) is 6.07 Å². The summed E-state index contributed by atoms with van der Waals surface area (Å²) in [6.07, 6.45) is -0.501. The van der Waals surface area contributed by atoms with Crippen LogP contribution in [0.25, 0.3) is 0 Å². The fourth-order valence-electron chi connectivity index (χ4n) is 2.22. The molecule has 0 fully saturated rings. The molecule has 0 aliphatic rings. The number of carbonyl (C=O) groups excluding carboxylic acids is 1. The van der Waals surface area contributed by atoms with Gasteiger partial charge < -0.3 is 14.4 Å². The molecule has 1 atom stereocenters. The first kappa shape index (κ1) is 20.4. The van der Waals surface area contributed by atoms with Crippen molar-refractivity contribution in [3.63, 3.8) is 0 Å². The SMILES string of the molecule is Cc1ccc(CC(C#N)(NC=O)P(=O)(OC(C)C)OC(C)C)cc1. The van der Waals surface area contributed by atoms with Gasteiger partial charge in [0.05, 0.1) is 12.2 Å². The number of hydrogen-bond acceptors (Lipinski definition) is 5. The van der Waals surface area contributed by atoms with Crippen LogP contribution in [0.5, 0.6) is 0 Å². The summed E-state index contributed by atoms with van der Waals surface area (Å²) < 4.78 is 24.5. The molecule has 6 nitrogen and oxygen atoms in total. The quantitative estimate of drug-likeness (QED) is 0.542. The van der Waals surface area contributed by atoms with Crippen LogP contribution in [0, 0.1) is 18.3 Å². The highest BCUT2D eigenvalue weighted by Gasteiger charge is 2.53. The lowest BCUT2D eigenvalue weighted by molar-refractivity contribution is -0.110. The Morgan fingerprint density at radius 1 is 1.21 bits per heavy atom. The van der Waals surface area contributed by atoms with Crippen molar-refractivity contribution >= 4 is 14.0 Å². The average molecular weight is 352 g/mol. The number of nitrogens with one attached hydrogen (secondary N) is 1. The van der Waals surface area contributed by atoms with Gasteiger partial charge >= 0.3 is 7.60 Å². The number of nitriles is 1. The Labute approximate surface area is 143 Å². The Morgan fingerprint density at radius 2 is 1.71 bits per heavy atom. The van der Waals surface area contributed by atoms with E-state index in [1.807, 2.05) is 37.3 Å². The van der Waals surface area contributed by atoms with Gasteiger partial charge in [-0.3, -0.25) is 9.36 Å². The molecule has 1 aromatic rings. The maximum atomic E-state index is 13.5. The highest BCUT2D eigenvalue weighted by atomic mass is 31.2. The zero-order valence-corrected chi connectivity index (χ0v) is 15.7. The first-order chi connectivity index (χ1) is 11.2. The summed E-state index contributed by atoms with van der Waals surface area (Å²) in [6, 6.07) is 9.39. The minimum Gasteiger partial charge on any atom is -0.330 e. The lowest BCUT2D eigenvalue weighted by Gasteiger charge is -2.35. The third-order valence-electron chi connectivity index (χ3n) is 3.23. The van der Waals surface area contributed by atoms with Gasteiger partial charge in [-0.25, -0.2) is 0 Å². The van der Waals surface area contributed by atoms with Crippen LogP contribution in [0.15, 0.2) is 24.3 Å². The van der Waals surface area contributed by atoms with E-state index in [9.17, 15) is 14.6 Å². The fourth-order valence-corrected chi connectivity index (χ4v) is 4.45. The monoisotopic (exact) mass is 352 g/mol. The van der Waals surface area contributed by atoms with Crippen LogP contribution < -0.4 is 5.32 Å². The number of hydrogen-bond donors (Lipinski definition) is 1. The van der Waals surface area contributed by atoms with Gasteiger partial charge in [0.15, 0.2) is 0 Å². The van der Waals surface area contributed by atoms with Crippen molar-refractivity contribution in [2.45, 2.75) is 58.5 Å². The van der Waals surface area contributed by atoms with E-state index in [1.165, 1.54) is 0 Å². The lowest BCUT2D eigenvalue weighted by Crippen LogP contribution is -2.46. The van der Waals surface area contributed by atoms with Crippen LogP contribution in [-0.4, -0.2) is 23.9 Å². The molecule has 0 heterocycles. The fraction of sp³-hybridized carbons (Fsp3) is 0.529. The molecule has 24 heavy (non-hydrogen) atoms. The van der Waals surface area contributed by atoms with Gasteiger partial charge in [0.25, 0.3) is 0 Å². The number of nitrogens with zero attached hydrogens (tertiary/aromatic N) is 1. The van der Waals surface area contributed by atoms with Gasteiger partial charge in [0.1, 0.15) is 6.07 Å². The van der Waals surface area contributed by atoms with Gasteiger partial charge in [-0.05, 0) is 40.2 Å². The first-order valence-corrected chi connectivity index (χ1v) is 9.37. The molecule has 0 saturated carbocycles. The van der Waals surface area contributed by atoms with Gasteiger partial charge in [0.2, 0.25) is 11.7 Å². The molecule has 0 aromatic heterocycles. The molecule has 1 N–H and O–H groups in total. The van der Waals surface area contributed by atoms with E-state index < -0.39 is 25.1 Å². The predicted molar refractivity (Wildman–Crippen MR) is 92.5 cm³/mol. The molecule has 1 unspecified atom stereocenters. The molecule has 0 bridgehead atoms. The molecular formula is C17H25N2O4P. The Kier molecular flexibility index (Phi) is 7.16. The van der Waals surface area contributed by atoms with Crippen molar-refractivity contribution in [2.24, 2.45) is 0 Å². The van der Waals surface area contributed by atoms with Crippen molar-refractivity contribution in [1.29, 1.82) is 5.26 Å². The Morgan fingerprint density at radius 3 is 2.08 bits per heavy atom. The largest absolute Gasteiger partial charge is 0.371 e. The topological polar surface area (TPSA) is 88.4 Å². The van der Waals surface area contributed by atoms with E-state index in [4.69, 9.17) is 9.05 Å². The van der Waals surface area contributed by atoms with Crippen LogP contribution in [0.3, 0.4) is 0 Å². The second kappa shape index (κ2) is 8.43. The lowest BCUT2D eigenvalue weighted by atomic mass is 10.0. The molecular weight excluding hydrogens is 327 g/mol. The second-order valence-corrected chi connectivity index (χ2v) is 8.38. The summed E-state index contributed by atoms with van der Waals surface area (Å²) in [5.74, 6) is 0. The van der Waals surface area contributed by atoms with Crippen LogP contribution in [0.4, 0.5) is 0 Å². The molecule has 7 heteroatoms. The molecule has 1 aromatic carbocycles. The van der Waals surface area contributed by atoms with Gasteiger partial charge in [-0.15, -0.1) is 0 Å². The standard InChI is InChI=1S/C17H25N2O4P/c1-13(2)22-24(21,23-14(3)4)17(11-18,19-12-20)10-16-8-6-15(5)7-9-16/h6-9,12-14H,10H2,1-5H3,(H,19,20). The van der Waals surface area contributed by atoms with E-state index in [1.54, 1.807) is 27.7 Å². The summed E-state index contributed by atoms with van der Waals surface area (Å²) in [5, 5.41) is 10.4. The summed E-state index contributed by atoms with van der Waals surface area (Å²) >= 11 is 0. The molecule has 132 valence electrons. The number of carbonyl (C=O) groups is 1. The molecule has 0 radical (unpaired) electrons. The maximum absolute atomic E-state index is 13.5. The third kappa shape index (κ3) is 4.91. The molecule has 0 aliphatic heterocycles. The van der Waals surface area contributed by atoms with Gasteiger partial charge in [-0.2, -0.15) is 5.26 Å². The van der Waals surface area contributed by atoms with Gasteiger partial charge in [-0.1, -0.05) is 29.8 Å². The molecule has 0 saturated heterocycles. The summed E-state index contributed by atoms with van der Waals surface area (Å²) in [7, 11) is -3.97. The van der Waals surface area contributed by atoms with Crippen molar-refractivity contribution in [1.82, 2.24) is 5.32 Å². The van der Waals surface area contributed by atoms with Crippen molar-refractivity contribution < 1.29 is 18.4 Å². The highest BCUT2D eigenvalue weighted by molar-refractivity contribution is 7.56. The number of benzene rings is 1. The van der Waals surface area contributed by atoms with E-state index in [2.05, 4.69) is 5.32 Å². The minimum atomic E-state index is -3.97. The zero-order chi connectivity index (χ0) is 18.4. The van der Waals surface area contributed by atoms with Crippen LogP contribution >= 0.6 is 7.60 Å². The molecule has 0 aliphatic carbocycles. The molecule has 0 spiro atoms. The number of rotatable bonds is 9. The average Bonchev–Trinajstić information content (AvgIpc) is 2.47. The maximum Gasteiger partial charge on any atom is 0.371 e. The first-order valence-electron chi connectivity index (χ1n) is 7.83. The highest BCUT2D eigenvalue weighted by Crippen LogP contribution is 2.61. The summed E-state index contributed by atoms with van der Waals surface area (Å²) in [5.41, 5.74) is 1.81. The second-order valence-electron chi connectivity index (χ2n) is 6.20. The number of amides is 1. The third-order valence-corrected chi connectivity index (χ3v) is 5.95. The van der Waals surface area contributed by atoms with Crippen LogP contribution in [0.2, 0.25) is 0 Å². The predicted octanol–water partition coefficient (Wildman–Crippen LogP) is 3.55. The Bertz CT molecular complexity index is 623. The zero-order valence-electron chi connectivity index (χ0n) is 14.8. The van der Waals surface area contributed by atoms with E-state index in [-0.39, 0.29) is 6.42 Å². The van der Waals surface area contributed by atoms with Crippen molar-refractivity contribution in [2.75, 3.05) is 0 Å². The normalized spacial score (nSPS) is 14.2. The Balaban J connectivity index is 3.37. The van der Waals surface area contributed by atoms with Gasteiger partial charge in [0, 0.05) is 6.42 Å².